The van der Waals surface area contributed by atoms with Crippen LogP contribution in [-0.2, 0) is 4.74 Å². The van der Waals surface area contributed by atoms with E-state index >= 15 is 0 Å². The minimum absolute atomic E-state index is 0.0805. The van der Waals surface area contributed by atoms with E-state index in [1.807, 2.05) is 24.3 Å². The number of anilines is 1. The first kappa shape index (κ1) is 19.5. The standard InChI is InChI=1S/C25H28N2O2/c1-17-16-20(14-15-29-17)27(24-13-6-5-11-23(24)25(26)28)18(2)21-12-7-9-19-8-3-4-10-22(19)21/h3-13,17-18,20H,14-16H2,1-2H3,(H2,26,28)/t17-,18-,20-/m1/s1. The summed E-state index contributed by atoms with van der Waals surface area (Å²) in [5.41, 5.74) is 8.47. The van der Waals surface area contributed by atoms with Crippen LogP contribution in [0.1, 0.15) is 48.7 Å². The molecule has 150 valence electrons. The number of rotatable bonds is 5. The number of nitrogens with two attached hydrogens (primary N) is 1. The van der Waals surface area contributed by atoms with Gasteiger partial charge in [-0.15, -0.1) is 0 Å². The number of nitrogens with zero attached hydrogens (tertiary/aromatic N) is 1. The fraction of sp³-hybridized carbons (Fsp3) is 0.320. The molecule has 1 aliphatic heterocycles. The second kappa shape index (κ2) is 8.26. The van der Waals surface area contributed by atoms with E-state index in [4.69, 9.17) is 10.5 Å². The van der Waals surface area contributed by atoms with Crippen molar-refractivity contribution in [2.24, 2.45) is 5.73 Å². The monoisotopic (exact) mass is 388 g/mol. The molecule has 0 unspecified atom stereocenters. The first-order valence-corrected chi connectivity index (χ1v) is 10.3. The molecule has 4 nitrogen and oxygen atoms in total. The Bertz CT molecular complexity index is 1010. The van der Waals surface area contributed by atoms with Crippen molar-refractivity contribution in [3.8, 4) is 0 Å². The summed E-state index contributed by atoms with van der Waals surface area (Å²) in [6, 6.07) is 22.9. The van der Waals surface area contributed by atoms with Crippen LogP contribution in [0.25, 0.3) is 10.8 Å². The zero-order chi connectivity index (χ0) is 20.4. The van der Waals surface area contributed by atoms with Gasteiger partial charge in [0.1, 0.15) is 0 Å². The number of ether oxygens (including phenoxy) is 1. The van der Waals surface area contributed by atoms with Crippen molar-refractivity contribution in [1.29, 1.82) is 0 Å². The fourth-order valence-corrected chi connectivity index (χ4v) is 4.62. The fourth-order valence-electron chi connectivity index (χ4n) is 4.62. The topological polar surface area (TPSA) is 55.6 Å². The molecule has 29 heavy (non-hydrogen) atoms. The van der Waals surface area contributed by atoms with Gasteiger partial charge in [0, 0.05) is 12.6 Å². The molecular weight excluding hydrogens is 360 g/mol. The normalized spacial score (nSPS) is 20.3. The first-order valence-electron chi connectivity index (χ1n) is 10.3. The maximum atomic E-state index is 12.2. The SMILES string of the molecule is C[C@@H]1C[C@H](N(c2ccccc2C(N)=O)[C@H](C)c2cccc3ccccc23)CCO1. The van der Waals surface area contributed by atoms with Crippen molar-refractivity contribution in [2.45, 2.75) is 44.9 Å². The summed E-state index contributed by atoms with van der Waals surface area (Å²) < 4.78 is 5.81. The molecule has 0 saturated carbocycles. The first-order chi connectivity index (χ1) is 14.1. The van der Waals surface area contributed by atoms with E-state index in [9.17, 15) is 4.79 Å². The van der Waals surface area contributed by atoms with Crippen LogP contribution in [0, 0.1) is 0 Å². The van der Waals surface area contributed by atoms with Crippen LogP contribution in [0.15, 0.2) is 66.7 Å². The van der Waals surface area contributed by atoms with Crippen LogP contribution < -0.4 is 10.6 Å². The summed E-state index contributed by atoms with van der Waals surface area (Å²) in [4.78, 5) is 14.6. The van der Waals surface area contributed by atoms with Gasteiger partial charge in [0.15, 0.2) is 0 Å². The molecule has 0 aliphatic carbocycles. The van der Waals surface area contributed by atoms with Gasteiger partial charge >= 0.3 is 0 Å². The van der Waals surface area contributed by atoms with Gasteiger partial charge in [0.2, 0.25) is 0 Å². The predicted molar refractivity (Wildman–Crippen MR) is 118 cm³/mol. The number of para-hydroxylation sites is 1. The molecule has 2 N–H and O–H groups in total. The number of carbonyl (C=O) groups excluding carboxylic acids is 1. The summed E-state index contributed by atoms with van der Waals surface area (Å²) in [7, 11) is 0. The van der Waals surface area contributed by atoms with E-state index < -0.39 is 5.91 Å². The van der Waals surface area contributed by atoms with E-state index in [-0.39, 0.29) is 18.2 Å². The molecule has 1 heterocycles. The molecule has 1 fully saturated rings. The molecule has 0 spiro atoms. The van der Waals surface area contributed by atoms with E-state index in [2.05, 4.69) is 61.2 Å². The number of hydrogen-bond donors (Lipinski definition) is 1. The van der Waals surface area contributed by atoms with E-state index in [0.717, 1.165) is 25.1 Å². The van der Waals surface area contributed by atoms with E-state index in [1.54, 1.807) is 0 Å². The van der Waals surface area contributed by atoms with Gasteiger partial charge < -0.3 is 15.4 Å². The second-order valence-corrected chi connectivity index (χ2v) is 7.89. The third-order valence-corrected chi connectivity index (χ3v) is 5.99. The van der Waals surface area contributed by atoms with Gasteiger partial charge in [0.25, 0.3) is 5.91 Å². The van der Waals surface area contributed by atoms with Crippen molar-refractivity contribution in [2.75, 3.05) is 11.5 Å². The van der Waals surface area contributed by atoms with E-state index in [1.165, 1.54) is 16.3 Å². The maximum Gasteiger partial charge on any atom is 0.250 e. The summed E-state index contributed by atoms with van der Waals surface area (Å²) in [6.45, 7) is 5.07. The highest BCUT2D eigenvalue weighted by atomic mass is 16.5. The highest BCUT2D eigenvalue weighted by Crippen LogP contribution is 2.37. The Balaban J connectivity index is 1.85. The highest BCUT2D eigenvalue weighted by molar-refractivity contribution is 5.99. The van der Waals surface area contributed by atoms with Gasteiger partial charge in [0.05, 0.1) is 23.4 Å². The predicted octanol–water partition coefficient (Wildman–Crippen LogP) is 5.07. The molecule has 4 rings (SSSR count). The molecule has 0 bridgehead atoms. The summed E-state index contributed by atoms with van der Waals surface area (Å²) in [6.07, 6.45) is 2.03. The Hall–Kier alpha value is -2.85. The van der Waals surface area contributed by atoms with Crippen molar-refractivity contribution < 1.29 is 9.53 Å². The number of carbonyl (C=O) groups is 1. The molecule has 1 saturated heterocycles. The van der Waals surface area contributed by atoms with Gasteiger partial charge in [-0.1, -0.05) is 54.6 Å². The lowest BCUT2D eigenvalue weighted by molar-refractivity contribution is 0.0173. The van der Waals surface area contributed by atoms with E-state index in [0.29, 0.717) is 5.56 Å². The lowest BCUT2D eigenvalue weighted by Gasteiger charge is -2.43. The average molecular weight is 389 g/mol. The number of amides is 1. The van der Waals surface area contributed by atoms with Crippen molar-refractivity contribution in [3.63, 3.8) is 0 Å². The van der Waals surface area contributed by atoms with Crippen LogP contribution in [0.2, 0.25) is 0 Å². The Kier molecular flexibility index (Phi) is 5.54. The molecular formula is C25H28N2O2. The molecule has 0 radical (unpaired) electrons. The minimum atomic E-state index is -0.393. The molecule has 3 atom stereocenters. The largest absolute Gasteiger partial charge is 0.378 e. The van der Waals surface area contributed by atoms with Crippen LogP contribution in [-0.4, -0.2) is 24.7 Å². The van der Waals surface area contributed by atoms with Gasteiger partial charge in [-0.05, 0) is 55.2 Å². The number of hydrogen-bond acceptors (Lipinski definition) is 3. The third kappa shape index (κ3) is 3.85. The summed E-state index contributed by atoms with van der Waals surface area (Å²) >= 11 is 0. The molecule has 4 heteroatoms. The molecule has 3 aromatic carbocycles. The van der Waals surface area contributed by atoms with Crippen LogP contribution in [0.4, 0.5) is 5.69 Å². The summed E-state index contributed by atoms with van der Waals surface area (Å²) in [5.74, 6) is -0.393. The van der Waals surface area contributed by atoms with Crippen molar-refractivity contribution >= 4 is 22.4 Å². The van der Waals surface area contributed by atoms with Gasteiger partial charge in [-0.25, -0.2) is 0 Å². The minimum Gasteiger partial charge on any atom is -0.378 e. The third-order valence-electron chi connectivity index (χ3n) is 5.99. The second-order valence-electron chi connectivity index (χ2n) is 7.89. The quantitative estimate of drug-likeness (QED) is 0.664. The Morgan fingerprint density at radius 2 is 1.79 bits per heavy atom. The van der Waals surface area contributed by atoms with Gasteiger partial charge in [-0.2, -0.15) is 0 Å². The zero-order valence-electron chi connectivity index (χ0n) is 17.0. The molecule has 1 amide bonds. The Morgan fingerprint density at radius 1 is 1.07 bits per heavy atom. The Labute approximate surface area is 172 Å². The lowest BCUT2D eigenvalue weighted by Crippen LogP contribution is -2.44. The number of fused-ring (bicyclic) bond motifs is 1. The number of benzene rings is 3. The smallest absolute Gasteiger partial charge is 0.250 e. The summed E-state index contributed by atoms with van der Waals surface area (Å²) in [5, 5.41) is 2.46. The van der Waals surface area contributed by atoms with Gasteiger partial charge in [-0.3, -0.25) is 4.79 Å². The highest BCUT2D eigenvalue weighted by Gasteiger charge is 2.31. The Morgan fingerprint density at radius 3 is 2.59 bits per heavy atom. The average Bonchev–Trinajstić information content (AvgIpc) is 2.74. The number of primary amides is 1. The molecule has 1 aliphatic rings. The van der Waals surface area contributed by atoms with Crippen molar-refractivity contribution in [1.82, 2.24) is 0 Å². The van der Waals surface area contributed by atoms with Crippen LogP contribution in [0.5, 0.6) is 0 Å². The maximum absolute atomic E-state index is 12.2. The lowest BCUT2D eigenvalue weighted by atomic mass is 9.93. The zero-order valence-corrected chi connectivity index (χ0v) is 17.0. The molecule has 0 aromatic heterocycles. The van der Waals surface area contributed by atoms with Crippen molar-refractivity contribution in [3.05, 3.63) is 77.9 Å². The van der Waals surface area contributed by atoms with Crippen LogP contribution >= 0.6 is 0 Å². The van der Waals surface area contributed by atoms with Crippen LogP contribution in [0.3, 0.4) is 0 Å². The molecule has 3 aromatic rings.